The summed E-state index contributed by atoms with van der Waals surface area (Å²) in [6.07, 6.45) is 0.494. The van der Waals surface area contributed by atoms with Crippen LogP contribution >= 0.6 is 23.2 Å². The zero-order valence-electron chi connectivity index (χ0n) is 16.5. The molecule has 1 amide bonds. The van der Waals surface area contributed by atoms with Gasteiger partial charge in [0.1, 0.15) is 17.4 Å². The molecule has 3 aromatic rings. The van der Waals surface area contributed by atoms with Crippen LogP contribution in [0.4, 0.5) is 10.2 Å². The number of pyridine rings is 1. The first-order valence-corrected chi connectivity index (χ1v) is 10.2. The van der Waals surface area contributed by atoms with Crippen LogP contribution in [-0.2, 0) is 4.79 Å². The van der Waals surface area contributed by atoms with Gasteiger partial charge in [0.05, 0.1) is 10.7 Å². The van der Waals surface area contributed by atoms with Crippen LogP contribution in [0.25, 0.3) is 11.3 Å². The molecule has 0 spiro atoms. The number of hydrogen-bond acceptors (Lipinski definition) is 4. The normalized spacial score (nSPS) is 10.4. The lowest BCUT2D eigenvalue weighted by Crippen LogP contribution is -2.30. The predicted octanol–water partition coefficient (Wildman–Crippen LogP) is 5.71. The fourth-order valence-electron chi connectivity index (χ4n) is 2.65. The van der Waals surface area contributed by atoms with E-state index >= 15 is 0 Å². The van der Waals surface area contributed by atoms with Gasteiger partial charge < -0.3 is 15.4 Å². The number of aromatic nitrogens is 1. The summed E-state index contributed by atoms with van der Waals surface area (Å²) in [5, 5.41) is 6.52. The lowest BCUT2D eigenvalue weighted by molar-refractivity contribution is -0.123. The van der Waals surface area contributed by atoms with Crippen LogP contribution < -0.4 is 15.4 Å². The molecule has 160 valence electrons. The van der Waals surface area contributed by atoms with E-state index in [0.29, 0.717) is 29.5 Å². The Labute approximate surface area is 189 Å². The number of nitrogens with one attached hydrogen (secondary N) is 2. The zero-order valence-corrected chi connectivity index (χ0v) is 18.0. The van der Waals surface area contributed by atoms with E-state index in [1.54, 1.807) is 0 Å². The highest BCUT2D eigenvalue weighted by Crippen LogP contribution is 2.22. The summed E-state index contributed by atoms with van der Waals surface area (Å²) in [6.45, 7) is 4.10. The molecule has 3 rings (SSSR count). The largest absolute Gasteiger partial charge is 0.484 e. The van der Waals surface area contributed by atoms with Gasteiger partial charge in [0.15, 0.2) is 6.61 Å². The summed E-state index contributed by atoms with van der Waals surface area (Å²) in [5.41, 5.74) is 2.45. The first-order chi connectivity index (χ1) is 14.9. The monoisotopic (exact) mass is 459 g/mol. The van der Waals surface area contributed by atoms with Gasteiger partial charge >= 0.3 is 0 Å². The fourth-order valence-corrected chi connectivity index (χ4v) is 2.89. The van der Waals surface area contributed by atoms with Gasteiger partial charge in [-0.25, -0.2) is 9.37 Å². The minimum Gasteiger partial charge on any atom is -0.484 e. The number of benzene rings is 2. The average Bonchev–Trinajstić information content (AvgIpc) is 2.75. The molecule has 0 atom stereocenters. The second-order valence-corrected chi connectivity index (χ2v) is 7.45. The molecular formula is C23H20Cl2FN3O2. The number of rotatable bonds is 9. The van der Waals surface area contributed by atoms with Crippen molar-refractivity contribution in [1.82, 2.24) is 10.3 Å². The molecule has 8 heteroatoms. The Balaban J connectivity index is 1.42. The van der Waals surface area contributed by atoms with Gasteiger partial charge in [-0.2, -0.15) is 0 Å². The van der Waals surface area contributed by atoms with Crippen LogP contribution in [0.5, 0.6) is 5.75 Å². The highest BCUT2D eigenvalue weighted by Gasteiger charge is 2.07. The molecule has 0 fully saturated rings. The molecule has 1 aromatic heterocycles. The molecule has 0 saturated heterocycles. The second kappa shape index (κ2) is 10.8. The first-order valence-electron chi connectivity index (χ1n) is 9.43. The minimum absolute atomic E-state index is 0.00370. The molecular weight excluding hydrogens is 440 g/mol. The number of amides is 1. The Kier molecular flexibility index (Phi) is 7.87. The van der Waals surface area contributed by atoms with Gasteiger partial charge in [-0.1, -0.05) is 48.0 Å². The third kappa shape index (κ3) is 6.98. The maximum Gasteiger partial charge on any atom is 0.257 e. The molecule has 2 N–H and O–H groups in total. The van der Waals surface area contributed by atoms with Crippen molar-refractivity contribution in [3.05, 3.63) is 88.8 Å². The summed E-state index contributed by atoms with van der Waals surface area (Å²) in [7, 11) is 0. The third-order valence-electron chi connectivity index (χ3n) is 4.20. The summed E-state index contributed by atoms with van der Waals surface area (Å²) in [4.78, 5) is 16.5. The van der Waals surface area contributed by atoms with Crippen molar-refractivity contribution in [2.45, 2.75) is 6.42 Å². The van der Waals surface area contributed by atoms with E-state index in [9.17, 15) is 9.18 Å². The van der Waals surface area contributed by atoms with E-state index in [-0.39, 0.29) is 23.3 Å². The van der Waals surface area contributed by atoms with Crippen molar-refractivity contribution < 1.29 is 13.9 Å². The van der Waals surface area contributed by atoms with E-state index in [2.05, 4.69) is 22.2 Å². The van der Waals surface area contributed by atoms with Gasteiger partial charge in [-0.15, -0.1) is 0 Å². The van der Waals surface area contributed by atoms with Crippen LogP contribution in [-0.4, -0.2) is 24.0 Å². The number of ether oxygens (including phenoxy) is 1. The summed E-state index contributed by atoms with van der Waals surface area (Å²) in [5.74, 6) is -0.0478. The molecule has 0 aliphatic rings. The number of nitrogens with zero attached hydrogens (tertiary/aromatic N) is 1. The van der Waals surface area contributed by atoms with Crippen LogP contribution in [0, 0.1) is 5.82 Å². The minimum atomic E-state index is -0.601. The lowest BCUT2D eigenvalue weighted by Gasteiger charge is -2.11. The van der Waals surface area contributed by atoms with Crippen molar-refractivity contribution in [3.8, 4) is 17.0 Å². The highest BCUT2D eigenvalue weighted by molar-refractivity contribution is 6.31. The smallest absolute Gasteiger partial charge is 0.257 e. The van der Waals surface area contributed by atoms with Gasteiger partial charge in [0.2, 0.25) is 0 Å². The number of anilines is 1. The molecule has 0 radical (unpaired) electrons. The molecule has 1 heterocycles. The van der Waals surface area contributed by atoms with E-state index in [4.69, 9.17) is 27.9 Å². The van der Waals surface area contributed by atoms with Crippen LogP contribution in [0.1, 0.15) is 6.42 Å². The summed E-state index contributed by atoms with van der Waals surface area (Å²) in [6, 6.07) is 17.1. The topological polar surface area (TPSA) is 63.2 Å². The van der Waals surface area contributed by atoms with Crippen LogP contribution in [0.15, 0.2) is 72.9 Å². The van der Waals surface area contributed by atoms with E-state index in [1.165, 1.54) is 12.1 Å². The number of carbonyl (C=O) groups is 1. The fraction of sp³-hybridized carbons (Fsp3) is 0.130. The number of hydrogen-bond donors (Lipinski definition) is 2. The summed E-state index contributed by atoms with van der Waals surface area (Å²) < 4.78 is 18.6. The Morgan fingerprint density at radius 2 is 1.87 bits per heavy atom. The van der Waals surface area contributed by atoms with Crippen molar-refractivity contribution in [1.29, 1.82) is 0 Å². The molecule has 0 aliphatic heterocycles. The van der Waals surface area contributed by atoms with Gasteiger partial charge in [0.25, 0.3) is 5.91 Å². The SMILES string of the molecule is C=C(CCNC(=O)COc1ccc(Cl)c(F)c1)Nc1cccc(-c2ccc(Cl)cc2)n1. The maximum atomic E-state index is 13.4. The van der Waals surface area contributed by atoms with E-state index < -0.39 is 5.82 Å². The Hall–Kier alpha value is -3.09. The van der Waals surface area contributed by atoms with Gasteiger partial charge in [0, 0.05) is 35.3 Å². The van der Waals surface area contributed by atoms with E-state index in [1.807, 2.05) is 42.5 Å². The molecule has 0 unspecified atom stereocenters. The predicted molar refractivity (Wildman–Crippen MR) is 122 cm³/mol. The average molecular weight is 460 g/mol. The molecule has 31 heavy (non-hydrogen) atoms. The van der Waals surface area contributed by atoms with Crippen molar-refractivity contribution in [3.63, 3.8) is 0 Å². The third-order valence-corrected chi connectivity index (χ3v) is 4.76. The zero-order chi connectivity index (χ0) is 22.2. The first kappa shape index (κ1) is 22.6. The molecule has 2 aromatic carbocycles. The van der Waals surface area contributed by atoms with Gasteiger partial charge in [-0.05, 0) is 36.4 Å². The van der Waals surface area contributed by atoms with Crippen molar-refractivity contribution in [2.24, 2.45) is 0 Å². The number of halogens is 3. The van der Waals surface area contributed by atoms with Crippen LogP contribution in [0.3, 0.4) is 0 Å². The van der Waals surface area contributed by atoms with Gasteiger partial charge in [-0.3, -0.25) is 4.79 Å². The van der Waals surface area contributed by atoms with E-state index in [0.717, 1.165) is 17.3 Å². The molecule has 0 aliphatic carbocycles. The Morgan fingerprint density at radius 1 is 1.10 bits per heavy atom. The number of carbonyl (C=O) groups excluding carboxylic acids is 1. The van der Waals surface area contributed by atoms with Crippen LogP contribution in [0.2, 0.25) is 10.0 Å². The standard InChI is InChI=1S/C23H20Cl2FN3O2/c1-15(11-12-27-23(30)14-31-18-9-10-19(25)20(26)13-18)28-22-4-2-3-21(29-22)16-5-7-17(24)8-6-16/h2-10,13H,1,11-12,14H2,(H,27,30)(H,28,29). The van der Waals surface area contributed by atoms with Crippen molar-refractivity contribution in [2.75, 3.05) is 18.5 Å². The second-order valence-electron chi connectivity index (χ2n) is 6.61. The molecule has 5 nitrogen and oxygen atoms in total. The lowest BCUT2D eigenvalue weighted by atomic mass is 10.1. The highest BCUT2D eigenvalue weighted by atomic mass is 35.5. The molecule has 0 saturated carbocycles. The van der Waals surface area contributed by atoms with Crippen molar-refractivity contribution >= 4 is 34.9 Å². The summed E-state index contributed by atoms with van der Waals surface area (Å²) >= 11 is 11.5. The molecule has 0 bridgehead atoms. The quantitative estimate of drug-likeness (QED) is 0.430. The Bertz CT molecular complexity index is 1070. The maximum absolute atomic E-state index is 13.4. The Morgan fingerprint density at radius 3 is 2.61 bits per heavy atom.